The van der Waals surface area contributed by atoms with Crippen LogP contribution in [0.4, 0.5) is 15.8 Å². The van der Waals surface area contributed by atoms with E-state index in [9.17, 15) is 4.39 Å². The summed E-state index contributed by atoms with van der Waals surface area (Å²) in [7, 11) is 2.16. The lowest BCUT2D eigenvalue weighted by Crippen LogP contribution is -2.45. The van der Waals surface area contributed by atoms with Crippen molar-refractivity contribution >= 4 is 11.4 Å². The fraction of sp³-hybridized carbons (Fsp3) is 0.600. The van der Waals surface area contributed by atoms with Crippen molar-refractivity contribution < 1.29 is 4.39 Å². The Labute approximate surface area is 114 Å². The van der Waals surface area contributed by atoms with Crippen molar-refractivity contribution in [2.24, 2.45) is 0 Å². The van der Waals surface area contributed by atoms with E-state index in [0.29, 0.717) is 0 Å². The molecule has 1 aromatic rings. The number of likely N-dealkylation sites (N-methyl/N-ethyl adjacent to an activating group) is 1. The number of halogens is 1. The highest BCUT2D eigenvalue weighted by Gasteiger charge is 2.22. The second kappa shape index (κ2) is 5.37. The van der Waals surface area contributed by atoms with Crippen LogP contribution in [0, 0.1) is 5.82 Å². The predicted octanol–water partition coefficient (Wildman–Crippen LogP) is 2.18. The lowest BCUT2D eigenvalue weighted by atomic mass is 10.2. The van der Waals surface area contributed by atoms with Crippen LogP contribution in [0.5, 0.6) is 0 Å². The molecule has 3 nitrogen and oxygen atoms in total. The average Bonchev–Trinajstić information content (AvgIpc) is 2.94. The molecule has 0 bridgehead atoms. The Morgan fingerprint density at radius 2 is 1.47 bits per heavy atom. The van der Waals surface area contributed by atoms with Crippen LogP contribution in [0.2, 0.25) is 0 Å². The van der Waals surface area contributed by atoms with Gasteiger partial charge < -0.3 is 14.7 Å². The topological polar surface area (TPSA) is 9.72 Å². The lowest BCUT2D eigenvalue weighted by Gasteiger charge is -2.36. The minimum absolute atomic E-state index is 0.125. The molecule has 0 radical (unpaired) electrons. The molecule has 0 aliphatic carbocycles. The van der Waals surface area contributed by atoms with Crippen molar-refractivity contribution in [3.8, 4) is 0 Å². The molecule has 2 saturated heterocycles. The molecule has 19 heavy (non-hydrogen) atoms. The number of hydrogen-bond donors (Lipinski definition) is 0. The van der Waals surface area contributed by atoms with Gasteiger partial charge in [0, 0.05) is 39.3 Å². The second-order valence-corrected chi connectivity index (χ2v) is 5.62. The first-order valence-corrected chi connectivity index (χ1v) is 7.22. The summed E-state index contributed by atoms with van der Waals surface area (Å²) in [6.45, 7) is 6.34. The Bertz CT molecular complexity index is 435. The van der Waals surface area contributed by atoms with Gasteiger partial charge in [0.25, 0.3) is 0 Å². The highest BCUT2D eigenvalue weighted by molar-refractivity contribution is 5.72. The van der Waals surface area contributed by atoms with E-state index < -0.39 is 0 Å². The van der Waals surface area contributed by atoms with Crippen molar-refractivity contribution in [1.29, 1.82) is 0 Å². The Morgan fingerprint density at radius 3 is 2.16 bits per heavy atom. The SMILES string of the molecule is CN1CCN(c2ccc(F)cc2N2CCCC2)CC1. The van der Waals surface area contributed by atoms with Crippen molar-refractivity contribution in [1.82, 2.24) is 4.90 Å². The fourth-order valence-electron chi connectivity index (χ4n) is 3.02. The van der Waals surface area contributed by atoms with E-state index in [1.807, 2.05) is 6.07 Å². The Morgan fingerprint density at radius 1 is 0.842 bits per heavy atom. The summed E-state index contributed by atoms with van der Waals surface area (Å²) in [5.41, 5.74) is 2.29. The molecule has 2 aliphatic heterocycles. The molecule has 0 aromatic heterocycles. The van der Waals surface area contributed by atoms with Gasteiger partial charge in [0.1, 0.15) is 5.82 Å². The highest BCUT2D eigenvalue weighted by atomic mass is 19.1. The highest BCUT2D eigenvalue weighted by Crippen LogP contribution is 2.33. The minimum atomic E-state index is -0.125. The van der Waals surface area contributed by atoms with Crippen molar-refractivity contribution in [3.63, 3.8) is 0 Å². The third kappa shape index (κ3) is 2.68. The molecule has 0 unspecified atom stereocenters. The molecule has 0 spiro atoms. The third-order valence-corrected chi connectivity index (χ3v) is 4.23. The zero-order valence-corrected chi connectivity index (χ0v) is 11.6. The van der Waals surface area contributed by atoms with Crippen LogP contribution in [0.3, 0.4) is 0 Å². The summed E-state index contributed by atoms with van der Waals surface area (Å²) in [6, 6.07) is 5.25. The van der Waals surface area contributed by atoms with Gasteiger partial charge in [-0.2, -0.15) is 0 Å². The van der Waals surface area contributed by atoms with Gasteiger partial charge in [-0.15, -0.1) is 0 Å². The first kappa shape index (κ1) is 12.7. The average molecular weight is 263 g/mol. The summed E-state index contributed by atoms with van der Waals surface area (Å²) < 4.78 is 13.6. The molecule has 2 aliphatic rings. The minimum Gasteiger partial charge on any atom is -0.370 e. The van der Waals surface area contributed by atoms with Gasteiger partial charge in [0.05, 0.1) is 11.4 Å². The molecule has 0 N–H and O–H groups in total. The summed E-state index contributed by atoms with van der Waals surface area (Å²) in [5.74, 6) is -0.125. The smallest absolute Gasteiger partial charge is 0.125 e. The van der Waals surface area contributed by atoms with E-state index in [4.69, 9.17) is 0 Å². The van der Waals surface area contributed by atoms with Gasteiger partial charge in [0.15, 0.2) is 0 Å². The maximum absolute atomic E-state index is 13.6. The molecule has 104 valence electrons. The summed E-state index contributed by atoms with van der Waals surface area (Å²) in [5, 5.41) is 0. The summed E-state index contributed by atoms with van der Waals surface area (Å²) in [6.07, 6.45) is 2.44. The van der Waals surface area contributed by atoms with Gasteiger partial charge in [-0.3, -0.25) is 0 Å². The van der Waals surface area contributed by atoms with Crippen LogP contribution in [-0.2, 0) is 0 Å². The Balaban J connectivity index is 1.87. The monoisotopic (exact) mass is 263 g/mol. The zero-order valence-electron chi connectivity index (χ0n) is 11.6. The largest absolute Gasteiger partial charge is 0.370 e. The van der Waals surface area contributed by atoms with E-state index >= 15 is 0 Å². The van der Waals surface area contributed by atoms with E-state index in [1.54, 1.807) is 12.1 Å². The number of piperazine rings is 1. The van der Waals surface area contributed by atoms with Gasteiger partial charge >= 0.3 is 0 Å². The van der Waals surface area contributed by atoms with E-state index in [2.05, 4.69) is 21.7 Å². The van der Waals surface area contributed by atoms with Crippen LogP contribution >= 0.6 is 0 Å². The number of rotatable bonds is 2. The first-order chi connectivity index (χ1) is 9.24. The molecule has 0 amide bonds. The number of hydrogen-bond acceptors (Lipinski definition) is 3. The van der Waals surface area contributed by atoms with Crippen LogP contribution in [0.1, 0.15) is 12.8 Å². The molecule has 2 heterocycles. The zero-order chi connectivity index (χ0) is 13.2. The fourth-order valence-corrected chi connectivity index (χ4v) is 3.02. The number of nitrogens with zero attached hydrogens (tertiary/aromatic N) is 3. The van der Waals surface area contributed by atoms with Crippen molar-refractivity contribution in [3.05, 3.63) is 24.0 Å². The van der Waals surface area contributed by atoms with E-state index in [1.165, 1.54) is 18.5 Å². The molecule has 4 heteroatoms. The molecule has 0 saturated carbocycles. The normalized spacial score (nSPS) is 21.2. The van der Waals surface area contributed by atoms with Gasteiger partial charge in [-0.05, 0) is 38.1 Å². The summed E-state index contributed by atoms with van der Waals surface area (Å²) in [4.78, 5) is 7.07. The number of anilines is 2. The van der Waals surface area contributed by atoms with Crippen LogP contribution in [0.25, 0.3) is 0 Å². The predicted molar refractivity (Wildman–Crippen MR) is 77.6 cm³/mol. The molecular formula is C15H22FN3. The van der Waals surface area contributed by atoms with Gasteiger partial charge in [-0.25, -0.2) is 4.39 Å². The molecule has 1 aromatic carbocycles. The first-order valence-electron chi connectivity index (χ1n) is 7.22. The van der Waals surface area contributed by atoms with E-state index in [-0.39, 0.29) is 5.82 Å². The van der Waals surface area contributed by atoms with Crippen molar-refractivity contribution in [2.45, 2.75) is 12.8 Å². The Hall–Kier alpha value is -1.29. The molecule has 2 fully saturated rings. The second-order valence-electron chi connectivity index (χ2n) is 5.62. The van der Waals surface area contributed by atoms with Crippen LogP contribution in [-0.4, -0.2) is 51.2 Å². The van der Waals surface area contributed by atoms with Gasteiger partial charge in [-0.1, -0.05) is 0 Å². The van der Waals surface area contributed by atoms with Crippen LogP contribution < -0.4 is 9.80 Å². The Kier molecular flexibility index (Phi) is 3.60. The number of benzene rings is 1. The van der Waals surface area contributed by atoms with Crippen LogP contribution in [0.15, 0.2) is 18.2 Å². The quantitative estimate of drug-likeness (QED) is 0.810. The standard InChI is InChI=1S/C15H22FN3/c1-17-8-10-19(11-9-17)14-5-4-13(16)12-15(14)18-6-2-3-7-18/h4-5,12H,2-3,6-11H2,1H3. The summed E-state index contributed by atoms with van der Waals surface area (Å²) >= 11 is 0. The molecule has 0 atom stereocenters. The maximum Gasteiger partial charge on any atom is 0.125 e. The molecule has 3 rings (SSSR count). The van der Waals surface area contributed by atoms with Crippen molar-refractivity contribution in [2.75, 3.05) is 56.1 Å². The lowest BCUT2D eigenvalue weighted by molar-refractivity contribution is 0.313. The maximum atomic E-state index is 13.6. The van der Waals surface area contributed by atoms with Gasteiger partial charge in [0.2, 0.25) is 0 Å². The van der Waals surface area contributed by atoms with E-state index in [0.717, 1.165) is 45.0 Å². The molecular weight excluding hydrogens is 241 g/mol. The third-order valence-electron chi connectivity index (χ3n) is 4.23.